The predicted octanol–water partition coefficient (Wildman–Crippen LogP) is 9.51. The van der Waals surface area contributed by atoms with Crippen LogP contribution in [0.1, 0.15) is 66.8 Å². The van der Waals surface area contributed by atoms with Gasteiger partial charge in [0.15, 0.2) is 0 Å². The number of fused-ring (bicyclic) bond motifs is 4. The molecule has 0 nitrogen and oxygen atoms in total. The molecule has 0 aromatic heterocycles. The third kappa shape index (κ3) is 17.0. The summed E-state index contributed by atoms with van der Waals surface area (Å²) < 4.78 is 0. The molecule has 0 atom stereocenters. The van der Waals surface area contributed by atoms with Crippen molar-refractivity contribution >= 4 is 55.5 Å². The van der Waals surface area contributed by atoms with E-state index in [1.54, 1.807) is 0 Å². The summed E-state index contributed by atoms with van der Waals surface area (Å²) >= 11 is 4.54. The maximum atomic E-state index is 2.27. The van der Waals surface area contributed by atoms with Gasteiger partial charge in [0, 0.05) is 0 Å². The summed E-state index contributed by atoms with van der Waals surface area (Å²) in [7, 11) is 0. The zero-order valence-electron chi connectivity index (χ0n) is 38.0. The number of aryl methyl sites for hydroxylation is 12. The van der Waals surface area contributed by atoms with Gasteiger partial charge in [0.05, 0.1) is 0 Å². The standard InChI is InChI=1S/4C12H13.2C2H6Si.2ClH.2Ti/c4*1-8-4-11-6-9(2)10(3)7-12(11)5-8;2*1-3-2;;;;/h4*4-7H,1-3H3;2*1-2H3;2*1H;;/q4*-1;;;;;2*+2/p-2. The molecule has 8 aromatic carbocycles. The van der Waals surface area contributed by atoms with Crippen molar-refractivity contribution in [1.82, 2.24) is 0 Å². The first-order chi connectivity index (χ1) is 26.1. The summed E-state index contributed by atoms with van der Waals surface area (Å²) in [6.45, 7) is 35.0. The van der Waals surface area contributed by atoms with Crippen LogP contribution in [0.4, 0.5) is 0 Å². The minimum Gasteiger partial charge on any atom is -1.00 e. The topological polar surface area (TPSA) is 0 Å². The van der Waals surface area contributed by atoms with E-state index in [0.29, 0.717) is 0 Å². The molecule has 6 heteroatoms. The fourth-order valence-electron chi connectivity index (χ4n) is 6.57. The van der Waals surface area contributed by atoms with E-state index in [0.717, 1.165) is 0 Å². The largest absolute Gasteiger partial charge is 1.00 e. The van der Waals surface area contributed by atoms with Crippen molar-refractivity contribution in [2.24, 2.45) is 0 Å². The molecule has 0 unspecified atom stereocenters. The summed E-state index contributed by atoms with van der Waals surface area (Å²) in [5.74, 6) is 0. The molecular weight excluding hydrogens is 847 g/mol. The Bertz CT molecular complexity index is 2080. The smallest absolute Gasteiger partial charge is 0.0411 e. The van der Waals surface area contributed by atoms with Crippen molar-refractivity contribution in [3.63, 3.8) is 0 Å². The first-order valence-corrected chi connectivity index (χ1v) is 29.4. The van der Waals surface area contributed by atoms with Gasteiger partial charge in [-0.15, -0.1) is 138 Å². The molecule has 0 saturated heterocycles. The van der Waals surface area contributed by atoms with Gasteiger partial charge in [-0.1, -0.05) is 72.2 Å². The van der Waals surface area contributed by atoms with Crippen molar-refractivity contribution < 1.29 is 63.2 Å². The molecular formula is C52H64Cl2Si2Ti2-2. The average Bonchev–Trinajstić information content (AvgIpc) is 3.82. The van der Waals surface area contributed by atoms with Crippen LogP contribution in [0, 0.1) is 83.1 Å². The summed E-state index contributed by atoms with van der Waals surface area (Å²) in [5.41, 5.74) is 16.5. The molecule has 0 aliphatic heterocycles. The molecule has 0 aliphatic rings. The normalized spacial score (nSPS) is 10.0. The SMILES string of the molecule is C[Si](C)=[Ti+2].C[Si](C)=[Ti+2].Cc1cc2cc(C)c(C)cc2[cH-]1.Cc1cc2cc(C)c(C)cc2[cH-]1.Cc1cc2cc(C)c(C)cc2[cH-]1.Cc1cc2cc(C)c(C)cc2[cH-]1.[Cl-].[Cl-]. The van der Waals surface area contributed by atoms with Crippen molar-refractivity contribution in [2.75, 3.05) is 0 Å². The van der Waals surface area contributed by atoms with Crippen LogP contribution in [0.3, 0.4) is 0 Å². The van der Waals surface area contributed by atoms with Crippen molar-refractivity contribution in [3.8, 4) is 0 Å². The maximum absolute atomic E-state index is 2.27. The minimum atomic E-state index is 0. The second-order valence-electron chi connectivity index (χ2n) is 16.4. The predicted molar refractivity (Wildman–Crippen MR) is 250 cm³/mol. The van der Waals surface area contributed by atoms with Gasteiger partial charge in [-0.3, -0.25) is 0 Å². The number of halogens is 2. The van der Waals surface area contributed by atoms with E-state index in [-0.39, 0.29) is 37.2 Å². The molecule has 0 heterocycles. The van der Waals surface area contributed by atoms with Crippen LogP contribution < -0.4 is 24.8 Å². The molecule has 8 rings (SSSR count). The molecule has 8 aromatic rings. The molecule has 0 aliphatic carbocycles. The average molecular weight is 912 g/mol. The number of hydrogen-bond donors (Lipinski definition) is 0. The third-order valence-corrected chi connectivity index (χ3v) is 9.86. The van der Waals surface area contributed by atoms with E-state index in [9.17, 15) is 0 Å². The summed E-state index contributed by atoms with van der Waals surface area (Å²) in [6, 6.07) is 36.0. The van der Waals surface area contributed by atoms with Crippen LogP contribution in [0.15, 0.2) is 97.1 Å². The van der Waals surface area contributed by atoms with Gasteiger partial charge in [-0.25, -0.2) is 0 Å². The second-order valence-corrected chi connectivity index (χ2v) is 29.8. The van der Waals surface area contributed by atoms with Gasteiger partial charge < -0.3 is 24.8 Å². The molecule has 304 valence electrons. The van der Waals surface area contributed by atoms with Crippen LogP contribution in [0.5, 0.6) is 0 Å². The second kappa shape index (κ2) is 24.9. The van der Waals surface area contributed by atoms with E-state index in [2.05, 4.69) is 245 Å². The van der Waals surface area contributed by atoms with Gasteiger partial charge >= 0.3 is 76.9 Å². The Labute approximate surface area is 388 Å². The molecule has 0 N–H and O–H groups in total. The van der Waals surface area contributed by atoms with E-state index < -0.39 is 0 Å². The first kappa shape index (κ1) is 53.8. The van der Waals surface area contributed by atoms with Crippen LogP contribution in [0.25, 0.3) is 43.1 Å². The molecule has 0 saturated carbocycles. The van der Waals surface area contributed by atoms with Crippen LogP contribution in [-0.4, -0.2) is 12.4 Å². The van der Waals surface area contributed by atoms with Gasteiger partial charge in [0.1, 0.15) is 0 Å². The minimum absolute atomic E-state index is 0. The van der Waals surface area contributed by atoms with E-state index >= 15 is 0 Å². The van der Waals surface area contributed by atoms with E-state index in [1.165, 1.54) is 110 Å². The van der Waals surface area contributed by atoms with Crippen LogP contribution in [-0.2, 0) is 38.3 Å². The van der Waals surface area contributed by atoms with Crippen LogP contribution >= 0.6 is 0 Å². The molecule has 58 heavy (non-hydrogen) atoms. The Morgan fingerprint density at radius 1 is 0.293 bits per heavy atom. The van der Waals surface area contributed by atoms with Crippen LogP contribution in [0.2, 0.25) is 26.2 Å². The third-order valence-electron chi connectivity index (χ3n) is 9.86. The zero-order chi connectivity index (χ0) is 42.0. The van der Waals surface area contributed by atoms with Crippen molar-refractivity contribution in [3.05, 3.63) is 164 Å². The Balaban J connectivity index is 0.000000360. The monoisotopic (exact) mass is 910 g/mol. The fourth-order valence-corrected chi connectivity index (χ4v) is 6.57. The van der Waals surface area contributed by atoms with Gasteiger partial charge in [-0.2, -0.15) is 24.3 Å². The Morgan fingerprint density at radius 2 is 0.431 bits per heavy atom. The summed E-state index contributed by atoms with van der Waals surface area (Å²) in [5, 5.41) is 11.0. The van der Waals surface area contributed by atoms with E-state index in [4.69, 9.17) is 0 Å². The zero-order valence-corrected chi connectivity index (χ0v) is 44.6. The molecule has 0 radical (unpaired) electrons. The van der Waals surface area contributed by atoms with Crippen molar-refractivity contribution in [1.29, 1.82) is 0 Å². The Kier molecular flexibility index (Phi) is 23.1. The Morgan fingerprint density at radius 3 is 0.586 bits per heavy atom. The summed E-state index contributed by atoms with van der Waals surface area (Å²) in [4.78, 5) is 0. The van der Waals surface area contributed by atoms with Gasteiger partial charge in [0.25, 0.3) is 0 Å². The molecule has 0 spiro atoms. The number of hydrogen-bond acceptors (Lipinski definition) is 0. The van der Waals surface area contributed by atoms with E-state index in [1.807, 2.05) is 0 Å². The van der Waals surface area contributed by atoms with Gasteiger partial charge in [-0.05, 0) is 55.4 Å². The molecule has 0 bridgehead atoms. The number of rotatable bonds is 0. The maximum Gasteiger partial charge on any atom is -0.0411 e. The number of benzene rings is 4. The van der Waals surface area contributed by atoms with Crippen molar-refractivity contribution in [2.45, 2.75) is 109 Å². The summed E-state index contributed by atoms with van der Waals surface area (Å²) in [6.07, 6.45) is 0.241. The molecule has 0 amide bonds. The Hall–Kier alpha value is -2.24. The molecule has 0 fully saturated rings. The fraction of sp³-hybridized carbons (Fsp3) is 0.308. The van der Waals surface area contributed by atoms with Gasteiger partial charge in [0.2, 0.25) is 0 Å². The first-order valence-electron chi connectivity index (χ1n) is 19.7. The quantitative estimate of drug-likeness (QED) is 0.105.